The molecule has 1 aliphatic heterocycles. The van der Waals surface area contributed by atoms with Crippen molar-refractivity contribution in [3.8, 4) is 0 Å². The average molecular weight is 249 g/mol. The Hall–Kier alpha value is -1.14. The summed E-state index contributed by atoms with van der Waals surface area (Å²) in [6.45, 7) is 0.654. The van der Waals surface area contributed by atoms with Crippen LogP contribution in [0.4, 0.5) is 17.6 Å². The average Bonchev–Trinajstić information content (AvgIpc) is 2.17. The van der Waals surface area contributed by atoms with E-state index in [1.54, 1.807) is 0 Å². The third-order valence-electron chi connectivity index (χ3n) is 2.81. The monoisotopic (exact) mass is 249 g/mol. The van der Waals surface area contributed by atoms with Gasteiger partial charge in [0.1, 0.15) is 5.82 Å². The van der Waals surface area contributed by atoms with Crippen LogP contribution < -0.4 is 5.32 Å². The second-order valence-electron chi connectivity index (χ2n) is 4.31. The number of halogens is 4. The molecule has 0 atom stereocenters. The molecule has 0 saturated carbocycles. The number of aliphatic hydroxyl groups is 1. The Morgan fingerprint density at radius 1 is 1.29 bits per heavy atom. The maximum absolute atomic E-state index is 13.4. The summed E-state index contributed by atoms with van der Waals surface area (Å²) >= 11 is 0. The third-order valence-corrected chi connectivity index (χ3v) is 2.81. The van der Waals surface area contributed by atoms with Crippen LogP contribution in [-0.4, -0.2) is 23.8 Å². The fourth-order valence-corrected chi connectivity index (χ4v) is 1.76. The first-order valence-corrected chi connectivity index (χ1v) is 5.09. The molecule has 1 fully saturated rings. The summed E-state index contributed by atoms with van der Waals surface area (Å²) < 4.78 is 50.3. The maximum Gasteiger partial charge on any atom is 0.416 e. The van der Waals surface area contributed by atoms with Gasteiger partial charge in [-0.2, -0.15) is 13.2 Å². The van der Waals surface area contributed by atoms with Crippen molar-refractivity contribution >= 4 is 0 Å². The molecule has 0 amide bonds. The van der Waals surface area contributed by atoms with Crippen molar-refractivity contribution in [2.45, 2.75) is 18.2 Å². The van der Waals surface area contributed by atoms with Crippen LogP contribution in [0.15, 0.2) is 18.2 Å². The minimum Gasteiger partial charge on any atom is -0.387 e. The van der Waals surface area contributed by atoms with Gasteiger partial charge in [0.2, 0.25) is 0 Å². The highest BCUT2D eigenvalue weighted by Gasteiger charge is 2.36. The normalized spacial score (nSPS) is 18.9. The minimum absolute atomic E-state index is 0.0178. The van der Waals surface area contributed by atoms with Crippen LogP contribution in [0.1, 0.15) is 11.1 Å². The lowest BCUT2D eigenvalue weighted by Gasteiger charge is -2.37. The van der Waals surface area contributed by atoms with Gasteiger partial charge < -0.3 is 10.4 Å². The quantitative estimate of drug-likeness (QED) is 0.782. The van der Waals surface area contributed by atoms with Gasteiger partial charge in [0.15, 0.2) is 0 Å². The van der Waals surface area contributed by atoms with E-state index in [1.807, 2.05) is 0 Å². The van der Waals surface area contributed by atoms with Crippen molar-refractivity contribution in [1.82, 2.24) is 5.32 Å². The lowest BCUT2D eigenvalue weighted by molar-refractivity contribution is -0.137. The zero-order chi connectivity index (χ0) is 12.7. The van der Waals surface area contributed by atoms with Crippen LogP contribution in [0.3, 0.4) is 0 Å². The van der Waals surface area contributed by atoms with Crippen molar-refractivity contribution in [3.63, 3.8) is 0 Å². The molecule has 2 nitrogen and oxygen atoms in total. The number of alkyl halides is 3. The molecule has 0 radical (unpaired) electrons. The minimum atomic E-state index is -4.55. The Morgan fingerprint density at radius 3 is 2.35 bits per heavy atom. The molecule has 1 aromatic rings. The largest absolute Gasteiger partial charge is 0.416 e. The van der Waals surface area contributed by atoms with E-state index < -0.39 is 23.2 Å². The van der Waals surface area contributed by atoms with Gasteiger partial charge in [-0.05, 0) is 17.7 Å². The molecule has 6 heteroatoms. The topological polar surface area (TPSA) is 32.3 Å². The van der Waals surface area contributed by atoms with Crippen LogP contribution in [0, 0.1) is 5.82 Å². The molecule has 0 unspecified atom stereocenters. The SMILES string of the molecule is OC1(Cc2ccc(C(F)(F)F)cc2F)CNC1. The summed E-state index contributed by atoms with van der Waals surface area (Å²) in [5.41, 5.74) is -1.96. The molecular weight excluding hydrogens is 238 g/mol. The molecule has 0 bridgehead atoms. The summed E-state index contributed by atoms with van der Waals surface area (Å²) in [7, 11) is 0. The van der Waals surface area contributed by atoms with Gasteiger partial charge in [-0.3, -0.25) is 0 Å². The predicted octanol–water partition coefficient (Wildman–Crippen LogP) is 1.72. The van der Waals surface area contributed by atoms with Gasteiger partial charge in [0, 0.05) is 19.5 Å². The van der Waals surface area contributed by atoms with Crippen molar-refractivity contribution in [2.24, 2.45) is 0 Å². The van der Waals surface area contributed by atoms with Crippen LogP contribution in [-0.2, 0) is 12.6 Å². The molecule has 94 valence electrons. The highest BCUT2D eigenvalue weighted by Crippen LogP contribution is 2.31. The Kier molecular flexibility index (Phi) is 2.87. The van der Waals surface area contributed by atoms with Gasteiger partial charge >= 0.3 is 6.18 Å². The van der Waals surface area contributed by atoms with Gasteiger partial charge in [0.25, 0.3) is 0 Å². The first kappa shape index (κ1) is 12.3. The van der Waals surface area contributed by atoms with Crippen LogP contribution in [0.25, 0.3) is 0 Å². The lowest BCUT2D eigenvalue weighted by Crippen LogP contribution is -2.60. The summed E-state index contributed by atoms with van der Waals surface area (Å²) in [4.78, 5) is 0. The maximum atomic E-state index is 13.4. The van der Waals surface area contributed by atoms with Gasteiger partial charge in [0.05, 0.1) is 11.2 Å². The Bertz CT molecular complexity index is 426. The fraction of sp³-hybridized carbons (Fsp3) is 0.455. The molecule has 1 saturated heterocycles. The van der Waals surface area contributed by atoms with Crippen LogP contribution in [0.2, 0.25) is 0 Å². The zero-order valence-corrected chi connectivity index (χ0v) is 8.81. The van der Waals surface area contributed by atoms with Gasteiger partial charge in [-0.1, -0.05) is 6.07 Å². The Balaban J connectivity index is 2.20. The first-order valence-electron chi connectivity index (χ1n) is 5.09. The number of nitrogens with one attached hydrogen (secondary N) is 1. The van der Waals surface area contributed by atoms with E-state index in [4.69, 9.17) is 0 Å². The molecule has 2 N–H and O–H groups in total. The first-order chi connectivity index (χ1) is 7.80. The number of benzene rings is 1. The number of hydrogen-bond acceptors (Lipinski definition) is 2. The molecule has 2 rings (SSSR count). The highest BCUT2D eigenvalue weighted by atomic mass is 19.4. The highest BCUT2D eigenvalue weighted by molar-refractivity contribution is 5.28. The third kappa shape index (κ3) is 2.58. The van der Waals surface area contributed by atoms with Crippen molar-refractivity contribution < 1.29 is 22.7 Å². The lowest BCUT2D eigenvalue weighted by atomic mass is 9.88. The van der Waals surface area contributed by atoms with E-state index in [2.05, 4.69) is 5.32 Å². The second-order valence-corrected chi connectivity index (χ2v) is 4.31. The summed E-state index contributed by atoms with van der Waals surface area (Å²) in [6.07, 6.45) is -4.53. The number of rotatable bonds is 2. The standard InChI is InChI=1S/C11H11F4NO/c12-9-3-8(11(13,14)15)2-1-7(9)4-10(17)5-16-6-10/h1-3,16-17H,4-6H2. The van der Waals surface area contributed by atoms with Crippen molar-refractivity contribution in [3.05, 3.63) is 35.1 Å². The molecule has 1 aromatic carbocycles. The second kappa shape index (κ2) is 3.96. The van der Waals surface area contributed by atoms with E-state index >= 15 is 0 Å². The smallest absolute Gasteiger partial charge is 0.387 e. The molecule has 1 aliphatic rings. The van der Waals surface area contributed by atoms with Crippen molar-refractivity contribution in [1.29, 1.82) is 0 Å². The Labute approximate surface area is 95.3 Å². The fourth-order valence-electron chi connectivity index (χ4n) is 1.76. The van der Waals surface area contributed by atoms with E-state index in [1.165, 1.54) is 0 Å². The Morgan fingerprint density at radius 2 is 1.94 bits per heavy atom. The number of β-amino-alcohol motifs (C(OH)–C–C–N with tert-alkyl or cyclic N) is 1. The molecule has 1 heterocycles. The van der Waals surface area contributed by atoms with E-state index in [0.29, 0.717) is 19.2 Å². The van der Waals surface area contributed by atoms with E-state index in [9.17, 15) is 22.7 Å². The van der Waals surface area contributed by atoms with Gasteiger partial charge in [-0.15, -0.1) is 0 Å². The molecule has 17 heavy (non-hydrogen) atoms. The van der Waals surface area contributed by atoms with Gasteiger partial charge in [-0.25, -0.2) is 4.39 Å². The summed E-state index contributed by atoms with van der Waals surface area (Å²) in [5.74, 6) is -0.930. The number of hydrogen-bond donors (Lipinski definition) is 2. The summed E-state index contributed by atoms with van der Waals surface area (Å²) in [5, 5.41) is 12.6. The molecule has 0 aromatic heterocycles. The van der Waals surface area contributed by atoms with Crippen LogP contribution in [0.5, 0.6) is 0 Å². The molecule has 0 spiro atoms. The van der Waals surface area contributed by atoms with E-state index in [-0.39, 0.29) is 12.0 Å². The van der Waals surface area contributed by atoms with Crippen LogP contribution >= 0.6 is 0 Å². The molecular formula is C11H11F4NO. The summed E-state index contributed by atoms with van der Waals surface area (Å²) in [6, 6.07) is 2.37. The van der Waals surface area contributed by atoms with Crippen molar-refractivity contribution in [2.75, 3.05) is 13.1 Å². The van der Waals surface area contributed by atoms with E-state index in [0.717, 1.165) is 12.1 Å². The molecule has 0 aliphatic carbocycles. The predicted molar refractivity (Wildman–Crippen MR) is 52.9 cm³/mol. The zero-order valence-electron chi connectivity index (χ0n) is 8.81.